The molecule has 0 aromatic carbocycles. The third-order valence-corrected chi connectivity index (χ3v) is 4.48. The fourth-order valence-electron chi connectivity index (χ4n) is 2.38. The van der Waals surface area contributed by atoms with E-state index in [2.05, 4.69) is 47.8 Å². The fourth-order valence-corrected chi connectivity index (χ4v) is 2.87. The van der Waals surface area contributed by atoms with Crippen molar-refractivity contribution in [3.05, 3.63) is 17.5 Å². The third-order valence-electron chi connectivity index (χ3n) is 3.79. The highest BCUT2D eigenvalue weighted by Crippen LogP contribution is 2.22. The van der Waals surface area contributed by atoms with Crippen LogP contribution in [-0.2, 0) is 6.54 Å². The van der Waals surface area contributed by atoms with Gasteiger partial charge < -0.3 is 15.2 Å². The van der Waals surface area contributed by atoms with E-state index >= 15 is 0 Å². The smallest absolute Gasteiger partial charge is 0.191 e. The first-order chi connectivity index (χ1) is 11.2. The minimum absolute atomic E-state index is 0.485. The topological polar surface area (TPSA) is 62.5 Å². The lowest BCUT2D eigenvalue weighted by Crippen LogP contribution is -2.37. The first-order valence-corrected chi connectivity index (χ1v) is 10.1. The highest BCUT2D eigenvalue weighted by atomic mass is 32.2. The van der Waals surface area contributed by atoms with Crippen LogP contribution < -0.4 is 10.6 Å². The molecule has 0 saturated carbocycles. The zero-order valence-corrected chi connectivity index (χ0v) is 15.8. The highest BCUT2D eigenvalue weighted by molar-refractivity contribution is 7.98. The Kier molecular flexibility index (Phi) is 10.6. The summed E-state index contributed by atoms with van der Waals surface area (Å²) in [7, 11) is 0. The van der Waals surface area contributed by atoms with Crippen molar-refractivity contribution < 1.29 is 4.52 Å². The van der Waals surface area contributed by atoms with Crippen molar-refractivity contribution in [2.75, 3.05) is 25.1 Å². The number of hydrogen-bond donors (Lipinski definition) is 2. The Morgan fingerprint density at radius 1 is 1.26 bits per heavy atom. The first kappa shape index (κ1) is 19.9. The monoisotopic (exact) mass is 340 g/mol. The number of hydrogen-bond acceptors (Lipinski definition) is 4. The number of aliphatic imine (C=N–C) groups is 1. The summed E-state index contributed by atoms with van der Waals surface area (Å²) in [4.78, 5) is 4.58. The van der Waals surface area contributed by atoms with Gasteiger partial charge in [0.25, 0.3) is 0 Å². The number of unbranched alkanes of at least 4 members (excludes halogenated alkanes) is 1. The second-order valence-electron chi connectivity index (χ2n) is 5.55. The minimum Gasteiger partial charge on any atom is -0.359 e. The quantitative estimate of drug-likeness (QED) is 0.365. The molecular weight excluding hydrogens is 308 g/mol. The zero-order valence-electron chi connectivity index (χ0n) is 15.0. The molecule has 1 aromatic heterocycles. The summed E-state index contributed by atoms with van der Waals surface area (Å²) < 4.78 is 5.42. The van der Waals surface area contributed by atoms with E-state index in [1.807, 2.05) is 17.8 Å². The van der Waals surface area contributed by atoms with Crippen LogP contribution in [0.1, 0.15) is 63.8 Å². The fraction of sp³-hybridized carbons (Fsp3) is 0.765. The summed E-state index contributed by atoms with van der Waals surface area (Å²) in [6.45, 7) is 8.77. The largest absolute Gasteiger partial charge is 0.359 e. The number of aromatic nitrogens is 1. The van der Waals surface area contributed by atoms with Gasteiger partial charge in [0.2, 0.25) is 0 Å². The molecular formula is C17H32N4OS. The Bertz CT molecular complexity index is 444. The van der Waals surface area contributed by atoms with Gasteiger partial charge in [-0.1, -0.05) is 19.0 Å². The Morgan fingerprint density at radius 2 is 2.04 bits per heavy atom. The van der Waals surface area contributed by atoms with Gasteiger partial charge in [-0.25, -0.2) is 4.99 Å². The minimum atomic E-state index is 0.485. The molecule has 1 aromatic rings. The van der Waals surface area contributed by atoms with E-state index in [9.17, 15) is 0 Å². The van der Waals surface area contributed by atoms with Gasteiger partial charge in [-0.3, -0.25) is 0 Å². The van der Waals surface area contributed by atoms with Gasteiger partial charge in [-0.15, -0.1) is 0 Å². The Balaban J connectivity index is 2.49. The predicted octanol–water partition coefficient (Wildman–Crippen LogP) is 3.78. The van der Waals surface area contributed by atoms with Gasteiger partial charge in [0.1, 0.15) is 6.54 Å². The van der Waals surface area contributed by atoms with Crippen molar-refractivity contribution in [1.82, 2.24) is 15.8 Å². The van der Waals surface area contributed by atoms with E-state index in [1.54, 1.807) is 0 Å². The molecule has 0 unspecified atom stereocenters. The number of guanidine groups is 1. The number of rotatable bonds is 11. The molecule has 23 heavy (non-hydrogen) atoms. The molecule has 0 spiro atoms. The molecule has 0 saturated heterocycles. The molecule has 132 valence electrons. The standard InChI is InChI=1S/C17H32N4OS/c1-5-14(6-2)16-12-15(22-21-16)13-20-17(18-7-3)19-10-8-9-11-23-4/h12,14H,5-11,13H2,1-4H3,(H2,18,19,20). The van der Waals surface area contributed by atoms with Crippen LogP contribution in [0.4, 0.5) is 0 Å². The Hall–Kier alpha value is -1.17. The van der Waals surface area contributed by atoms with Crippen LogP contribution in [0.3, 0.4) is 0 Å². The third kappa shape index (κ3) is 7.77. The van der Waals surface area contributed by atoms with E-state index in [-0.39, 0.29) is 0 Å². The van der Waals surface area contributed by atoms with Crippen LogP contribution in [-0.4, -0.2) is 36.2 Å². The summed E-state index contributed by atoms with van der Waals surface area (Å²) in [6.07, 6.45) is 6.71. The van der Waals surface area contributed by atoms with Gasteiger partial charge >= 0.3 is 0 Å². The molecule has 0 bridgehead atoms. The molecule has 0 amide bonds. The first-order valence-electron chi connectivity index (χ1n) is 8.71. The van der Waals surface area contributed by atoms with Crippen molar-refractivity contribution >= 4 is 17.7 Å². The molecule has 1 heterocycles. The molecule has 0 fully saturated rings. The average molecular weight is 341 g/mol. The number of nitrogens with one attached hydrogen (secondary N) is 2. The van der Waals surface area contributed by atoms with Crippen molar-refractivity contribution in [2.24, 2.45) is 4.99 Å². The average Bonchev–Trinajstić information content (AvgIpc) is 3.02. The summed E-state index contributed by atoms with van der Waals surface area (Å²) in [5, 5.41) is 10.8. The summed E-state index contributed by atoms with van der Waals surface area (Å²) in [5.74, 6) is 3.37. The van der Waals surface area contributed by atoms with E-state index in [4.69, 9.17) is 4.52 Å². The number of thioether (sulfide) groups is 1. The van der Waals surface area contributed by atoms with E-state index in [1.165, 1.54) is 12.2 Å². The zero-order chi connectivity index (χ0) is 16.9. The highest BCUT2D eigenvalue weighted by Gasteiger charge is 2.12. The van der Waals surface area contributed by atoms with E-state index in [0.29, 0.717) is 12.5 Å². The molecule has 6 heteroatoms. The van der Waals surface area contributed by atoms with Crippen LogP contribution in [0.5, 0.6) is 0 Å². The van der Waals surface area contributed by atoms with Crippen LogP contribution in [0.25, 0.3) is 0 Å². The normalized spacial score (nSPS) is 12.0. The van der Waals surface area contributed by atoms with Gasteiger partial charge in [-0.2, -0.15) is 11.8 Å². The maximum absolute atomic E-state index is 5.42. The molecule has 2 N–H and O–H groups in total. The van der Waals surface area contributed by atoms with Gasteiger partial charge in [0.05, 0.1) is 5.69 Å². The van der Waals surface area contributed by atoms with E-state index in [0.717, 1.165) is 49.8 Å². The SMILES string of the molecule is CCNC(=NCc1cc(C(CC)CC)no1)NCCCCSC. The van der Waals surface area contributed by atoms with Crippen molar-refractivity contribution in [3.8, 4) is 0 Å². The van der Waals surface area contributed by atoms with Crippen LogP contribution in [0.2, 0.25) is 0 Å². The maximum atomic E-state index is 5.42. The molecule has 0 atom stereocenters. The Morgan fingerprint density at radius 3 is 2.70 bits per heavy atom. The summed E-state index contributed by atoms with van der Waals surface area (Å²) >= 11 is 1.89. The van der Waals surface area contributed by atoms with Crippen LogP contribution in [0.15, 0.2) is 15.6 Å². The molecule has 0 radical (unpaired) electrons. The molecule has 0 aliphatic rings. The second-order valence-corrected chi connectivity index (χ2v) is 6.54. The molecule has 5 nitrogen and oxygen atoms in total. The lowest BCUT2D eigenvalue weighted by Gasteiger charge is -2.10. The maximum Gasteiger partial charge on any atom is 0.191 e. The van der Waals surface area contributed by atoms with E-state index < -0.39 is 0 Å². The summed E-state index contributed by atoms with van der Waals surface area (Å²) in [5.41, 5.74) is 1.05. The van der Waals surface area contributed by atoms with Crippen molar-refractivity contribution in [2.45, 2.75) is 58.9 Å². The van der Waals surface area contributed by atoms with Gasteiger partial charge in [0, 0.05) is 25.1 Å². The predicted molar refractivity (Wildman–Crippen MR) is 100 cm³/mol. The van der Waals surface area contributed by atoms with Crippen LogP contribution in [0, 0.1) is 0 Å². The molecule has 0 aliphatic carbocycles. The lowest BCUT2D eigenvalue weighted by molar-refractivity contribution is 0.372. The molecule has 0 aliphatic heterocycles. The molecule has 1 rings (SSSR count). The van der Waals surface area contributed by atoms with Crippen LogP contribution >= 0.6 is 11.8 Å². The number of nitrogens with zero attached hydrogens (tertiary/aromatic N) is 2. The lowest BCUT2D eigenvalue weighted by atomic mass is 9.99. The Labute approximate surface area is 145 Å². The van der Waals surface area contributed by atoms with Crippen molar-refractivity contribution in [1.29, 1.82) is 0 Å². The van der Waals surface area contributed by atoms with Gasteiger partial charge in [-0.05, 0) is 44.6 Å². The van der Waals surface area contributed by atoms with Gasteiger partial charge in [0.15, 0.2) is 11.7 Å². The van der Waals surface area contributed by atoms with Crippen molar-refractivity contribution in [3.63, 3.8) is 0 Å². The second kappa shape index (κ2) is 12.3. The summed E-state index contributed by atoms with van der Waals surface area (Å²) in [6, 6.07) is 2.04.